The fourth-order valence-corrected chi connectivity index (χ4v) is 5.67. The summed E-state index contributed by atoms with van der Waals surface area (Å²) < 4.78 is 15.4. The molecular formula is C34H26F2. The van der Waals surface area contributed by atoms with Crippen LogP contribution in [0.5, 0.6) is 0 Å². The van der Waals surface area contributed by atoms with Gasteiger partial charge in [0.1, 0.15) is 5.82 Å². The van der Waals surface area contributed by atoms with Crippen LogP contribution in [-0.4, -0.2) is 0 Å². The summed E-state index contributed by atoms with van der Waals surface area (Å²) in [6.07, 6.45) is 10.5. The first-order chi connectivity index (χ1) is 17.2. The fraction of sp³-hybridized carbons (Fsp3) is 0.0882. The second-order valence-corrected chi connectivity index (χ2v) is 9.03. The zero-order valence-corrected chi connectivity index (χ0v) is 20.5. The highest BCUT2D eigenvalue weighted by molar-refractivity contribution is 6.20. The number of benzene rings is 4. The molecule has 2 heteroatoms. The summed E-state index contributed by atoms with van der Waals surface area (Å²) in [5.41, 5.74) is 15.6. The molecule has 2 aliphatic rings. The van der Waals surface area contributed by atoms with Gasteiger partial charge in [-0.05, 0) is 77.1 Å². The van der Waals surface area contributed by atoms with Gasteiger partial charge in [-0.15, -0.1) is 5.73 Å². The lowest BCUT2D eigenvalue weighted by molar-refractivity contribution is 0.631. The van der Waals surface area contributed by atoms with Crippen LogP contribution in [0.15, 0.2) is 103 Å². The Morgan fingerprint density at radius 2 is 1.44 bits per heavy atom. The van der Waals surface area contributed by atoms with Crippen LogP contribution in [0.1, 0.15) is 43.0 Å². The Labute approximate surface area is 210 Å². The van der Waals surface area contributed by atoms with Crippen molar-refractivity contribution in [2.75, 3.05) is 0 Å². The number of hydrogen-bond donors (Lipinski definition) is 0. The van der Waals surface area contributed by atoms with Crippen molar-refractivity contribution >= 4 is 27.5 Å². The molecule has 2 aliphatic carbocycles. The van der Waals surface area contributed by atoms with Gasteiger partial charge in [0.2, 0.25) is 0 Å². The van der Waals surface area contributed by atoms with Crippen LogP contribution in [0.3, 0.4) is 0 Å². The molecule has 0 heterocycles. The van der Waals surface area contributed by atoms with Crippen LogP contribution in [0.25, 0.3) is 49.7 Å². The Kier molecular flexibility index (Phi) is 5.92. The quantitative estimate of drug-likeness (QED) is 0.181. The minimum absolute atomic E-state index is 0. The van der Waals surface area contributed by atoms with Gasteiger partial charge in [0, 0.05) is 27.8 Å². The zero-order valence-electron chi connectivity index (χ0n) is 20.5. The minimum atomic E-state index is -0.212. The summed E-state index contributed by atoms with van der Waals surface area (Å²) in [5, 5.41) is 2.18. The summed E-state index contributed by atoms with van der Waals surface area (Å²) >= 11 is 0. The summed E-state index contributed by atoms with van der Waals surface area (Å²) in [5.74, 6) is -0.212. The van der Waals surface area contributed by atoms with Gasteiger partial charge in [-0.1, -0.05) is 85.0 Å². The standard InChI is InChI=1S/C34H25F.FH/c1-4-12-22(5-2)30-24-14-6-7-15-25(24)32(26-16-8-9-20-29(26)35)34-28-18-10-13-21(3)23-17-11-19-27(31(23)28)33(30)34;/h4-17,19-20H,1-3H3;1H/b12-4-,22-5+;. The monoisotopic (exact) mass is 472 g/mol. The molecule has 4 aromatic rings. The van der Waals surface area contributed by atoms with E-state index in [2.05, 4.69) is 80.3 Å². The molecule has 0 spiro atoms. The Balaban J connectivity index is 0.00000267. The Bertz CT molecular complexity index is 1700. The predicted molar refractivity (Wildman–Crippen MR) is 150 cm³/mol. The third-order valence-corrected chi connectivity index (χ3v) is 7.12. The molecule has 0 N–H and O–H groups in total. The van der Waals surface area contributed by atoms with Crippen LogP contribution in [0.4, 0.5) is 9.09 Å². The smallest absolute Gasteiger partial charge is 0.131 e. The molecule has 0 nitrogen and oxygen atoms in total. The molecule has 0 amide bonds. The van der Waals surface area contributed by atoms with Gasteiger partial charge in [0.05, 0.1) is 0 Å². The highest BCUT2D eigenvalue weighted by Crippen LogP contribution is 2.56. The highest BCUT2D eigenvalue weighted by atomic mass is 19.1. The average molecular weight is 473 g/mol. The average Bonchev–Trinajstić information content (AvgIpc) is 3.10. The van der Waals surface area contributed by atoms with E-state index >= 15 is 4.39 Å². The Morgan fingerprint density at radius 3 is 2.19 bits per heavy atom. The molecule has 36 heavy (non-hydrogen) atoms. The van der Waals surface area contributed by atoms with Gasteiger partial charge in [-0.3, -0.25) is 4.70 Å². The van der Waals surface area contributed by atoms with E-state index in [4.69, 9.17) is 0 Å². The van der Waals surface area contributed by atoms with E-state index < -0.39 is 0 Å². The molecule has 0 aromatic heterocycles. The molecule has 0 bridgehead atoms. The number of allylic oxidation sites excluding steroid dienone is 7. The first-order valence-electron chi connectivity index (χ1n) is 12.1. The third kappa shape index (κ3) is 3.26. The minimum Gasteiger partial charge on any atom is -0.269 e. The molecule has 0 saturated carbocycles. The topological polar surface area (TPSA) is 0 Å². The van der Waals surface area contributed by atoms with Crippen molar-refractivity contribution in [3.8, 4) is 22.3 Å². The lowest BCUT2D eigenvalue weighted by atomic mass is 9.82. The van der Waals surface area contributed by atoms with Crippen LogP contribution >= 0.6 is 0 Å². The van der Waals surface area contributed by atoms with Crippen LogP contribution in [0.2, 0.25) is 0 Å². The SMILES string of the molecule is C/C=C\C(=C/C)c1c2c(c(-c3ccccc3F)c3ccccc13)C1=C=CC=C(C)c3cccc-2c31.F. The van der Waals surface area contributed by atoms with Crippen molar-refractivity contribution in [1.29, 1.82) is 0 Å². The van der Waals surface area contributed by atoms with Crippen molar-refractivity contribution in [2.45, 2.75) is 20.8 Å². The van der Waals surface area contributed by atoms with E-state index in [1.54, 1.807) is 12.1 Å². The molecule has 0 saturated heterocycles. The zero-order chi connectivity index (χ0) is 24.1. The first-order valence-corrected chi connectivity index (χ1v) is 12.1. The molecule has 0 unspecified atom stereocenters. The van der Waals surface area contributed by atoms with Crippen molar-refractivity contribution in [3.05, 3.63) is 131 Å². The molecule has 6 rings (SSSR count). The van der Waals surface area contributed by atoms with Gasteiger partial charge in [-0.25, -0.2) is 4.39 Å². The molecule has 4 aromatic carbocycles. The maximum absolute atomic E-state index is 15.4. The third-order valence-electron chi connectivity index (χ3n) is 7.12. The predicted octanol–water partition coefficient (Wildman–Crippen LogP) is 9.76. The normalized spacial score (nSPS) is 13.7. The van der Waals surface area contributed by atoms with Crippen molar-refractivity contribution in [3.63, 3.8) is 0 Å². The van der Waals surface area contributed by atoms with Crippen LogP contribution < -0.4 is 0 Å². The van der Waals surface area contributed by atoms with Gasteiger partial charge >= 0.3 is 0 Å². The van der Waals surface area contributed by atoms with Crippen molar-refractivity contribution < 1.29 is 9.09 Å². The highest BCUT2D eigenvalue weighted by Gasteiger charge is 2.34. The Hall–Kier alpha value is -4.26. The number of hydrogen-bond acceptors (Lipinski definition) is 0. The summed E-state index contributed by atoms with van der Waals surface area (Å²) in [6.45, 7) is 6.28. The van der Waals surface area contributed by atoms with Gasteiger partial charge in [-0.2, -0.15) is 0 Å². The lowest BCUT2D eigenvalue weighted by Crippen LogP contribution is -1.98. The fourth-order valence-electron chi connectivity index (χ4n) is 5.67. The molecule has 0 aliphatic heterocycles. The van der Waals surface area contributed by atoms with Gasteiger partial charge < -0.3 is 0 Å². The van der Waals surface area contributed by atoms with E-state index in [1.165, 1.54) is 27.8 Å². The van der Waals surface area contributed by atoms with E-state index in [9.17, 15) is 0 Å². The van der Waals surface area contributed by atoms with Gasteiger partial charge in [0.15, 0.2) is 0 Å². The maximum atomic E-state index is 15.4. The van der Waals surface area contributed by atoms with E-state index in [-0.39, 0.29) is 10.5 Å². The van der Waals surface area contributed by atoms with E-state index in [0.717, 1.165) is 38.6 Å². The number of halogens is 2. The number of fused-ring (bicyclic) bond motifs is 4. The summed E-state index contributed by atoms with van der Waals surface area (Å²) in [4.78, 5) is 0. The van der Waals surface area contributed by atoms with Crippen LogP contribution in [-0.2, 0) is 0 Å². The molecule has 0 fully saturated rings. The second kappa shape index (κ2) is 9.07. The van der Waals surface area contributed by atoms with Crippen molar-refractivity contribution in [1.82, 2.24) is 0 Å². The van der Waals surface area contributed by atoms with Crippen LogP contribution in [0, 0.1) is 5.82 Å². The number of rotatable bonds is 3. The summed E-state index contributed by atoms with van der Waals surface area (Å²) in [6, 6.07) is 22.1. The van der Waals surface area contributed by atoms with Gasteiger partial charge in [0.25, 0.3) is 0 Å². The molecular weight excluding hydrogens is 446 g/mol. The van der Waals surface area contributed by atoms with Crippen molar-refractivity contribution in [2.24, 2.45) is 0 Å². The molecule has 0 atom stereocenters. The second-order valence-electron chi connectivity index (χ2n) is 9.03. The first kappa shape index (κ1) is 23.5. The largest absolute Gasteiger partial charge is 0.269 e. The molecule has 0 radical (unpaired) electrons. The lowest BCUT2D eigenvalue weighted by Gasteiger charge is -2.20. The Morgan fingerprint density at radius 1 is 0.750 bits per heavy atom. The van der Waals surface area contributed by atoms with E-state index in [1.807, 2.05) is 31.2 Å². The maximum Gasteiger partial charge on any atom is 0.131 e. The van der Waals surface area contributed by atoms with E-state index in [0.29, 0.717) is 5.56 Å². The summed E-state index contributed by atoms with van der Waals surface area (Å²) in [7, 11) is 0. The molecule has 176 valence electrons.